The first-order valence-electron chi connectivity index (χ1n) is 14.8. The Morgan fingerprint density at radius 2 is 1.80 bits per heavy atom. The number of hydrogen-bond acceptors (Lipinski definition) is 7. The number of benzene rings is 3. The van der Waals surface area contributed by atoms with Crippen molar-refractivity contribution in [2.45, 2.75) is 37.8 Å². The van der Waals surface area contributed by atoms with Crippen LogP contribution in [0.4, 0.5) is 0 Å². The Hall–Kier alpha value is -4.51. The molecule has 1 aliphatic rings. The molecule has 0 spiro atoms. The molecule has 0 saturated heterocycles. The van der Waals surface area contributed by atoms with Crippen molar-refractivity contribution in [1.29, 1.82) is 0 Å². The van der Waals surface area contributed by atoms with Crippen LogP contribution in [-0.4, -0.2) is 66.6 Å². The summed E-state index contributed by atoms with van der Waals surface area (Å²) in [6.45, 7) is 5.38. The van der Waals surface area contributed by atoms with Gasteiger partial charge in [-0.1, -0.05) is 29.8 Å². The maximum atomic E-state index is 13.9. The SMILES string of the molecule is COc1cc(-c2cnc3c(c2)c(-c2ccc(C(=O)N(C)C[C@@H](C)O)cc2)cn3S(=O)(=O)c2ccc(C)cc2)cc2c1CCNC2. The zero-order chi connectivity index (χ0) is 31.9. The molecule has 45 heavy (non-hydrogen) atoms. The van der Waals surface area contributed by atoms with E-state index in [1.54, 1.807) is 82.0 Å². The van der Waals surface area contributed by atoms with E-state index in [0.717, 1.165) is 53.1 Å². The highest BCUT2D eigenvalue weighted by atomic mass is 32.2. The van der Waals surface area contributed by atoms with E-state index in [4.69, 9.17) is 9.72 Å². The molecular formula is C35H36N4O5S. The van der Waals surface area contributed by atoms with Gasteiger partial charge in [-0.2, -0.15) is 0 Å². The van der Waals surface area contributed by atoms with E-state index < -0.39 is 16.1 Å². The first kappa shape index (κ1) is 30.5. The number of pyridine rings is 1. The van der Waals surface area contributed by atoms with E-state index in [0.29, 0.717) is 22.2 Å². The molecule has 5 aromatic rings. The second-order valence-electron chi connectivity index (χ2n) is 11.6. The lowest BCUT2D eigenvalue weighted by Gasteiger charge is -2.21. The number of likely N-dealkylation sites (N-methyl/N-ethyl adjacent to an activating group) is 1. The maximum absolute atomic E-state index is 13.9. The monoisotopic (exact) mass is 624 g/mol. The molecule has 1 amide bonds. The number of ether oxygens (including phenoxy) is 1. The number of fused-ring (bicyclic) bond motifs is 2. The molecular weight excluding hydrogens is 588 g/mol. The van der Waals surface area contributed by atoms with Crippen LogP contribution >= 0.6 is 0 Å². The second-order valence-corrected chi connectivity index (χ2v) is 13.4. The van der Waals surface area contributed by atoms with E-state index in [9.17, 15) is 18.3 Å². The average molecular weight is 625 g/mol. The molecule has 232 valence electrons. The van der Waals surface area contributed by atoms with E-state index >= 15 is 0 Å². The van der Waals surface area contributed by atoms with Crippen LogP contribution in [0, 0.1) is 6.92 Å². The summed E-state index contributed by atoms with van der Waals surface area (Å²) in [5.41, 5.74) is 7.23. The molecule has 0 bridgehead atoms. The van der Waals surface area contributed by atoms with Gasteiger partial charge in [-0.25, -0.2) is 17.4 Å². The minimum Gasteiger partial charge on any atom is -0.496 e. The summed E-state index contributed by atoms with van der Waals surface area (Å²) < 4.78 is 34.9. The van der Waals surface area contributed by atoms with Gasteiger partial charge >= 0.3 is 0 Å². The van der Waals surface area contributed by atoms with Gasteiger partial charge in [-0.05, 0) is 91.5 Å². The number of aliphatic hydroxyl groups is 1. The molecule has 0 saturated carbocycles. The molecule has 1 aliphatic heterocycles. The van der Waals surface area contributed by atoms with Gasteiger partial charge in [0.05, 0.1) is 18.1 Å². The Morgan fingerprint density at radius 1 is 1.07 bits per heavy atom. The minimum atomic E-state index is -3.97. The topological polar surface area (TPSA) is 114 Å². The molecule has 6 rings (SSSR count). The highest BCUT2D eigenvalue weighted by molar-refractivity contribution is 7.90. The summed E-state index contributed by atoms with van der Waals surface area (Å²) >= 11 is 0. The molecule has 3 aromatic carbocycles. The summed E-state index contributed by atoms with van der Waals surface area (Å²) in [6, 6.07) is 19.9. The predicted octanol–water partition coefficient (Wildman–Crippen LogP) is 5.02. The van der Waals surface area contributed by atoms with E-state index in [2.05, 4.69) is 11.4 Å². The lowest BCUT2D eigenvalue weighted by atomic mass is 9.94. The predicted molar refractivity (Wildman–Crippen MR) is 175 cm³/mol. The molecule has 0 unspecified atom stereocenters. The van der Waals surface area contributed by atoms with Crippen LogP contribution < -0.4 is 10.1 Å². The first-order valence-corrected chi connectivity index (χ1v) is 16.3. The van der Waals surface area contributed by atoms with Crippen LogP contribution in [0.2, 0.25) is 0 Å². The zero-order valence-corrected chi connectivity index (χ0v) is 26.6. The Labute approximate surface area is 263 Å². The van der Waals surface area contributed by atoms with Gasteiger partial charge in [0, 0.05) is 54.6 Å². The number of aromatic nitrogens is 2. The summed E-state index contributed by atoms with van der Waals surface area (Å²) in [6.07, 6.45) is 3.54. The highest BCUT2D eigenvalue weighted by Gasteiger charge is 2.24. The van der Waals surface area contributed by atoms with Crippen molar-refractivity contribution < 1.29 is 23.1 Å². The lowest BCUT2D eigenvalue weighted by Crippen LogP contribution is -2.32. The van der Waals surface area contributed by atoms with Crippen LogP contribution in [0.1, 0.15) is 34.0 Å². The van der Waals surface area contributed by atoms with Crippen molar-refractivity contribution in [3.05, 3.63) is 101 Å². The summed E-state index contributed by atoms with van der Waals surface area (Å²) in [5, 5.41) is 13.8. The highest BCUT2D eigenvalue weighted by Crippen LogP contribution is 2.37. The normalized spacial score (nSPS) is 13.8. The van der Waals surface area contributed by atoms with Gasteiger partial charge in [0.25, 0.3) is 15.9 Å². The average Bonchev–Trinajstić information content (AvgIpc) is 3.43. The smallest absolute Gasteiger partial charge is 0.269 e. The number of rotatable bonds is 8. The third-order valence-corrected chi connectivity index (χ3v) is 9.90. The van der Waals surface area contributed by atoms with Gasteiger partial charge in [0.15, 0.2) is 5.65 Å². The van der Waals surface area contributed by atoms with Crippen molar-refractivity contribution in [3.8, 4) is 28.0 Å². The quantitative estimate of drug-likeness (QED) is 0.249. The van der Waals surface area contributed by atoms with Crippen LogP contribution in [0.5, 0.6) is 5.75 Å². The zero-order valence-electron chi connectivity index (χ0n) is 25.7. The lowest BCUT2D eigenvalue weighted by molar-refractivity contribution is 0.0703. The van der Waals surface area contributed by atoms with E-state index in [1.165, 1.54) is 14.4 Å². The summed E-state index contributed by atoms with van der Waals surface area (Å²) in [4.78, 5) is 19.3. The largest absolute Gasteiger partial charge is 0.496 e. The third kappa shape index (κ3) is 5.84. The molecule has 0 fully saturated rings. The molecule has 9 nitrogen and oxygen atoms in total. The molecule has 2 N–H and O–H groups in total. The van der Waals surface area contributed by atoms with Crippen molar-refractivity contribution in [2.24, 2.45) is 0 Å². The molecule has 1 atom stereocenters. The van der Waals surface area contributed by atoms with Gasteiger partial charge in [-0.3, -0.25) is 4.79 Å². The number of amides is 1. The molecule has 3 heterocycles. The van der Waals surface area contributed by atoms with Crippen LogP contribution in [-0.2, 0) is 23.0 Å². The number of carbonyl (C=O) groups is 1. The number of aliphatic hydroxyl groups excluding tert-OH is 1. The Balaban J connectivity index is 1.50. The van der Waals surface area contributed by atoms with E-state index in [1.807, 2.05) is 19.1 Å². The summed E-state index contributed by atoms with van der Waals surface area (Å²) in [7, 11) is -0.654. The number of hydrogen-bond donors (Lipinski definition) is 2. The number of aryl methyl sites for hydroxylation is 1. The standard InChI is InChI=1S/C35H36N4O5S/c1-22-5-11-29(12-6-22)45(42,43)39-21-32(24-7-9-25(10-8-24)35(41)38(3)20-23(2)40)31-16-27(19-37-34(31)39)26-15-28-18-36-14-13-30(28)33(17-26)44-4/h5-12,15-17,19,21,23,36,40H,13-14,18,20H2,1-4H3/t23-/m1/s1. The first-order chi connectivity index (χ1) is 21.6. The Morgan fingerprint density at radius 3 is 2.49 bits per heavy atom. The van der Waals surface area contributed by atoms with Crippen molar-refractivity contribution >= 4 is 27.0 Å². The fraction of sp³-hybridized carbons (Fsp3) is 0.257. The summed E-state index contributed by atoms with van der Waals surface area (Å²) in [5.74, 6) is 0.608. The fourth-order valence-corrected chi connectivity index (χ4v) is 7.22. The number of nitrogens with one attached hydrogen (secondary N) is 1. The second kappa shape index (κ2) is 12.1. The molecule has 10 heteroatoms. The molecule has 2 aromatic heterocycles. The van der Waals surface area contributed by atoms with Gasteiger partial charge in [-0.15, -0.1) is 0 Å². The van der Waals surface area contributed by atoms with Crippen molar-refractivity contribution in [1.82, 2.24) is 19.2 Å². The van der Waals surface area contributed by atoms with E-state index in [-0.39, 0.29) is 17.3 Å². The Bertz CT molecular complexity index is 1980. The van der Waals surface area contributed by atoms with Crippen molar-refractivity contribution in [3.63, 3.8) is 0 Å². The number of carbonyl (C=O) groups excluding carboxylic acids is 1. The molecule has 0 aliphatic carbocycles. The van der Waals surface area contributed by atoms with Crippen LogP contribution in [0.3, 0.4) is 0 Å². The number of nitrogens with zero attached hydrogens (tertiary/aromatic N) is 3. The number of methoxy groups -OCH3 is 1. The van der Waals surface area contributed by atoms with Gasteiger partial charge < -0.3 is 20.1 Å². The fourth-order valence-electron chi connectivity index (χ4n) is 5.90. The Kier molecular flexibility index (Phi) is 8.22. The maximum Gasteiger partial charge on any atom is 0.269 e. The van der Waals surface area contributed by atoms with Crippen LogP contribution in [0.15, 0.2) is 84.0 Å². The van der Waals surface area contributed by atoms with Crippen LogP contribution in [0.25, 0.3) is 33.3 Å². The van der Waals surface area contributed by atoms with Gasteiger partial charge in [0.2, 0.25) is 0 Å². The van der Waals surface area contributed by atoms with Crippen molar-refractivity contribution in [2.75, 3.05) is 27.2 Å². The molecule has 0 radical (unpaired) electrons. The minimum absolute atomic E-state index is 0.163. The third-order valence-electron chi connectivity index (χ3n) is 8.24. The van der Waals surface area contributed by atoms with Gasteiger partial charge in [0.1, 0.15) is 5.75 Å².